The van der Waals surface area contributed by atoms with E-state index in [-0.39, 0.29) is 18.4 Å². The number of carbonyl (C=O) groups excluding carboxylic acids is 2. The molecule has 2 amide bonds. The van der Waals surface area contributed by atoms with Gasteiger partial charge in [0.05, 0.1) is 11.9 Å². The van der Waals surface area contributed by atoms with Crippen molar-refractivity contribution >= 4 is 29.4 Å². The molecule has 2 N–H and O–H groups in total. The molecule has 4 aromatic rings. The van der Waals surface area contributed by atoms with E-state index in [1.807, 2.05) is 56.4 Å². The van der Waals surface area contributed by atoms with Gasteiger partial charge in [-0.05, 0) is 74.4 Å². The smallest absolute Gasteiger partial charge is 0.290 e. The average Bonchev–Trinajstić information content (AvgIpc) is 3.15. The largest absolute Gasteiger partial charge is 0.484 e. The number of ether oxygens (including phenoxy) is 1. The van der Waals surface area contributed by atoms with E-state index in [2.05, 4.69) is 20.8 Å². The molecule has 0 unspecified atom stereocenters. The van der Waals surface area contributed by atoms with E-state index < -0.39 is 0 Å². The average molecular weight is 456 g/mol. The van der Waals surface area contributed by atoms with Gasteiger partial charge in [-0.1, -0.05) is 23.8 Å². The van der Waals surface area contributed by atoms with Crippen LogP contribution in [-0.2, 0) is 4.79 Å². The number of imidazole rings is 1. The maximum Gasteiger partial charge on any atom is 0.290 e. The Morgan fingerprint density at radius 2 is 1.68 bits per heavy atom. The number of hydrogen-bond acceptors (Lipinski definition) is 5. The zero-order valence-electron chi connectivity index (χ0n) is 19.2. The van der Waals surface area contributed by atoms with E-state index in [9.17, 15) is 9.59 Å². The van der Waals surface area contributed by atoms with Crippen LogP contribution in [0.15, 0.2) is 72.0 Å². The Hall–Kier alpha value is -4.46. The normalized spacial score (nSPS) is 11.0. The number of hydrogen-bond donors (Lipinski definition) is 2. The molecule has 0 aliphatic rings. The van der Waals surface area contributed by atoms with E-state index in [4.69, 9.17) is 4.74 Å². The molecular weight excluding hydrogens is 430 g/mol. The summed E-state index contributed by atoms with van der Waals surface area (Å²) in [4.78, 5) is 29.1. The molecule has 0 aliphatic carbocycles. The summed E-state index contributed by atoms with van der Waals surface area (Å²) >= 11 is 0. The molecule has 2 aromatic carbocycles. The number of aromatic nitrogens is 2. The van der Waals surface area contributed by atoms with Crippen LogP contribution in [0.25, 0.3) is 5.65 Å². The number of nitrogens with one attached hydrogen (secondary N) is 2. The van der Waals surface area contributed by atoms with E-state index in [1.54, 1.807) is 35.6 Å². The number of hydrazone groups is 1. The van der Waals surface area contributed by atoms with Crippen LogP contribution in [0.5, 0.6) is 5.75 Å². The van der Waals surface area contributed by atoms with Gasteiger partial charge in [0.15, 0.2) is 6.61 Å². The molecule has 2 aromatic heterocycles. The first-order chi connectivity index (χ1) is 16.4. The standard InChI is InChI=1S/C26H25N5O3/c1-17-4-9-21(10-5-17)29-24(32)16-34-22-11-7-20(8-12-22)14-27-30-26(33)25-19(3)28-23-13-6-18(2)15-31(23)25/h4-15H,16H2,1-3H3,(H,29,32)(H,30,33)/b27-14-. The Morgan fingerprint density at radius 1 is 0.971 bits per heavy atom. The number of nitrogens with zero attached hydrogens (tertiary/aromatic N) is 3. The Labute approximate surface area is 197 Å². The fourth-order valence-electron chi connectivity index (χ4n) is 3.39. The van der Waals surface area contributed by atoms with Crippen LogP contribution in [0.3, 0.4) is 0 Å². The van der Waals surface area contributed by atoms with Gasteiger partial charge in [-0.25, -0.2) is 10.4 Å². The molecule has 0 spiro atoms. The zero-order chi connectivity index (χ0) is 24.1. The topological polar surface area (TPSA) is 97.1 Å². The molecule has 8 heteroatoms. The highest BCUT2D eigenvalue weighted by Gasteiger charge is 2.16. The van der Waals surface area contributed by atoms with Gasteiger partial charge in [0.1, 0.15) is 17.1 Å². The van der Waals surface area contributed by atoms with Crippen LogP contribution in [0.2, 0.25) is 0 Å². The summed E-state index contributed by atoms with van der Waals surface area (Å²) in [5.74, 6) is -0.0292. The Morgan fingerprint density at radius 3 is 2.41 bits per heavy atom. The van der Waals surface area contributed by atoms with Crippen molar-refractivity contribution < 1.29 is 14.3 Å². The number of pyridine rings is 1. The SMILES string of the molecule is Cc1ccc(NC(=O)COc2ccc(/C=N\NC(=O)c3c(C)nc4ccc(C)cn34)cc2)cc1. The van der Waals surface area contributed by atoms with Gasteiger partial charge in [0.2, 0.25) is 0 Å². The van der Waals surface area contributed by atoms with Gasteiger partial charge in [-0.3, -0.25) is 14.0 Å². The lowest BCUT2D eigenvalue weighted by Gasteiger charge is -2.08. The van der Waals surface area contributed by atoms with Gasteiger partial charge >= 0.3 is 0 Å². The summed E-state index contributed by atoms with van der Waals surface area (Å²) in [6.45, 7) is 5.63. The Balaban J connectivity index is 1.30. The predicted molar refractivity (Wildman–Crippen MR) is 131 cm³/mol. The number of fused-ring (bicyclic) bond motifs is 1. The van der Waals surface area contributed by atoms with Crippen molar-refractivity contribution in [1.29, 1.82) is 0 Å². The minimum Gasteiger partial charge on any atom is -0.484 e. The lowest BCUT2D eigenvalue weighted by Crippen LogP contribution is -2.20. The number of anilines is 1. The summed E-state index contributed by atoms with van der Waals surface area (Å²) in [6.07, 6.45) is 3.41. The van der Waals surface area contributed by atoms with Crippen LogP contribution in [0, 0.1) is 20.8 Å². The van der Waals surface area contributed by atoms with Crippen LogP contribution in [0.1, 0.15) is 32.9 Å². The van der Waals surface area contributed by atoms with Crippen LogP contribution < -0.4 is 15.5 Å². The third-order valence-corrected chi connectivity index (χ3v) is 5.12. The van der Waals surface area contributed by atoms with Gasteiger partial charge in [-0.2, -0.15) is 5.10 Å². The molecule has 0 aliphatic heterocycles. The molecule has 172 valence electrons. The lowest BCUT2D eigenvalue weighted by atomic mass is 10.2. The van der Waals surface area contributed by atoms with E-state index >= 15 is 0 Å². The second kappa shape index (κ2) is 9.99. The summed E-state index contributed by atoms with van der Waals surface area (Å²) in [5.41, 5.74) is 7.98. The molecule has 0 saturated heterocycles. The highest BCUT2D eigenvalue weighted by molar-refractivity contribution is 5.95. The number of benzene rings is 2. The van der Waals surface area contributed by atoms with Crippen molar-refractivity contribution in [1.82, 2.24) is 14.8 Å². The second-order valence-corrected chi connectivity index (χ2v) is 7.95. The molecule has 0 radical (unpaired) electrons. The van der Waals surface area contributed by atoms with Gasteiger partial charge in [-0.15, -0.1) is 0 Å². The summed E-state index contributed by atoms with van der Waals surface area (Å²) in [6, 6.07) is 18.4. The molecule has 0 saturated carbocycles. The van der Waals surface area contributed by atoms with Gasteiger partial charge in [0.25, 0.3) is 11.8 Å². The molecule has 2 heterocycles. The molecule has 0 bridgehead atoms. The minimum atomic E-state index is -0.341. The van der Waals surface area contributed by atoms with Crippen molar-refractivity contribution in [3.05, 3.63) is 94.9 Å². The highest BCUT2D eigenvalue weighted by Crippen LogP contribution is 2.14. The Bertz CT molecular complexity index is 1360. The first-order valence-corrected chi connectivity index (χ1v) is 10.8. The maximum atomic E-state index is 12.6. The first kappa shape index (κ1) is 22.7. The van der Waals surface area contributed by atoms with Crippen LogP contribution in [0.4, 0.5) is 5.69 Å². The lowest BCUT2D eigenvalue weighted by molar-refractivity contribution is -0.118. The molecule has 8 nitrogen and oxygen atoms in total. The number of rotatable bonds is 7. The summed E-state index contributed by atoms with van der Waals surface area (Å²) in [7, 11) is 0. The summed E-state index contributed by atoms with van der Waals surface area (Å²) < 4.78 is 7.30. The van der Waals surface area contributed by atoms with Gasteiger partial charge in [0, 0.05) is 11.9 Å². The summed E-state index contributed by atoms with van der Waals surface area (Å²) in [5, 5.41) is 6.84. The van der Waals surface area contributed by atoms with Crippen molar-refractivity contribution in [2.24, 2.45) is 5.10 Å². The fraction of sp³-hybridized carbons (Fsp3) is 0.154. The third kappa shape index (κ3) is 5.47. The third-order valence-electron chi connectivity index (χ3n) is 5.12. The number of carbonyl (C=O) groups is 2. The zero-order valence-corrected chi connectivity index (χ0v) is 19.2. The van der Waals surface area contributed by atoms with Crippen LogP contribution in [-0.4, -0.2) is 34.0 Å². The maximum absolute atomic E-state index is 12.6. The van der Waals surface area contributed by atoms with Crippen molar-refractivity contribution in [2.75, 3.05) is 11.9 Å². The first-order valence-electron chi connectivity index (χ1n) is 10.8. The van der Waals surface area contributed by atoms with Gasteiger partial charge < -0.3 is 10.1 Å². The fourth-order valence-corrected chi connectivity index (χ4v) is 3.39. The van der Waals surface area contributed by atoms with Crippen molar-refractivity contribution in [3.63, 3.8) is 0 Å². The minimum absolute atomic E-state index is 0.102. The van der Waals surface area contributed by atoms with E-state index in [0.717, 1.165) is 22.4 Å². The Kier molecular flexibility index (Phi) is 6.68. The molecule has 0 atom stereocenters. The van der Waals surface area contributed by atoms with E-state index in [1.165, 1.54) is 6.21 Å². The van der Waals surface area contributed by atoms with Crippen molar-refractivity contribution in [2.45, 2.75) is 20.8 Å². The number of amides is 2. The van der Waals surface area contributed by atoms with Crippen LogP contribution >= 0.6 is 0 Å². The molecule has 34 heavy (non-hydrogen) atoms. The second-order valence-electron chi connectivity index (χ2n) is 7.95. The molecular formula is C26H25N5O3. The van der Waals surface area contributed by atoms with Crippen molar-refractivity contribution in [3.8, 4) is 5.75 Å². The highest BCUT2D eigenvalue weighted by atomic mass is 16.5. The molecule has 0 fully saturated rings. The predicted octanol–water partition coefficient (Wildman–Crippen LogP) is 4.04. The monoisotopic (exact) mass is 455 g/mol. The number of aryl methyl sites for hydroxylation is 3. The van der Waals surface area contributed by atoms with E-state index in [0.29, 0.717) is 22.8 Å². The molecule has 4 rings (SSSR count). The quantitative estimate of drug-likeness (QED) is 0.325.